The van der Waals surface area contributed by atoms with Gasteiger partial charge in [0.2, 0.25) is 10.0 Å². The van der Waals surface area contributed by atoms with Crippen molar-refractivity contribution >= 4 is 33.2 Å². The molecule has 0 saturated heterocycles. The maximum absolute atomic E-state index is 12.5. The van der Waals surface area contributed by atoms with E-state index in [0.717, 1.165) is 6.42 Å². The first-order valence-electron chi connectivity index (χ1n) is 6.25. The lowest BCUT2D eigenvalue weighted by atomic mass is 10.1. The number of hydrogen-bond donors (Lipinski definition) is 1. The van der Waals surface area contributed by atoms with Gasteiger partial charge in [0, 0.05) is 18.6 Å². The number of nitrogens with zero attached hydrogens (tertiary/aromatic N) is 1. The maximum Gasteiger partial charge on any atom is 0.244 e. The highest BCUT2D eigenvalue weighted by Gasteiger charge is 2.25. The molecular weight excluding hydrogens is 321 g/mol. The van der Waals surface area contributed by atoms with Crippen LogP contribution in [0.25, 0.3) is 0 Å². The summed E-state index contributed by atoms with van der Waals surface area (Å²) in [6.07, 6.45) is 0.751. The van der Waals surface area contributed by atoms with Gasteiger partial charge < -0.3 is 5.11 Å². The van der Waals surface area contributed by atoms with Gasteiger partial charge in [-0.1, -0.05) is 37.0 Å². The van der Waals surface area contributed by atoms with Gasteiger partial charge in [-0.15, -0.1) is 0 Å². The molecule has 114 valence electrons. The largest absolute Gasteiger partial charge is 0.392 e. The predicted octanol–water partition coefficient (Wildman–Crippen LogP) is 3.15. The lowest BCUT2D eigenvalue weighted by Gasteiger charge is -2.20. The van der Waals surface area contributed by atoms with Crippen LogP contribution in [0.3, 0.4) is 0 Å². The average Bonchev–Trinajstić information content (AvgIpc) is 2.37. The Balaban J connectivity index is 3.18. The smallest absolute Gasteiger partial charge is 0.244 e. The Morgan fingerprint density at radius 1 is 1.30 bits per heavy atom. The fourth-order valence-electron chi connectivity index (χ4n) is 1.65. The van der Waals surface area contributed by atoms with Crippen LogP contribution in [0.15, 0.2) is 17.0 Å². The molecule has 0 atom stereocenters. The second-order valence-electron chi connectivity index (χ2n) is 5.04. The van der Waals surface area contributed by atoms with Gasteiger partial charge in [-0.25, -0.2) is 12.7 Å². The lowest BCUT2D eigenvalue weighted by Crippen LogP contribution is -2.29. The summed E-state index contributed by atoms with van der Waals surface area (Å²) in [6.45, 7) is 4.09. The van der Waals surface area contributed by atoms with E-state index in [1.807, 2.05) is 13.8 Å². The van der Waals surface area contributed by atoms with Crippen molar-refractivity contribution in [1.82, 2.24) is 4.31 Å². The molecule has 0 bridgehead atoms. The molecule has 1 N–H and O–H groups in total. The van der Waals surface area contributed by atoms with Crippen LogP contribution in [0.5, 0.6) is 0 Å². The number of halogens is 2. The molecule has 0 unspecified atom stereocenters. The van der Waals surface area contributed by atoms with E-state index in [2.05, 4.69) is 0 Å². The van der Waals surface area contributed by atoms with Gasteiger partial charge in [0.25, 0.3) is 0 Å². The zero-order chi connectivity index (χ0) is 15.5. The van der Waals surface area contributed by atoms with Crippen LogP contribution in [0.4, 0.5) is 0 Å². The molecule has 0 aliphatic carbocycles. The molecule has 0 heterocycles. The Morgan fingerprint density at radius 2 is 1.90 bits per heavy atom. The van der Waals surface area contributed by atoms with Gasteiger partial charge in [0.05, 0.1) is 11.6 Å². The van der Waals surface area contributed by atoms with E-state index in [1.54, 1.807) is 0 Å². The van der Waals surface area contributed by atoms with Crippen LogP contribution in [-0.4, -0.2) is 31.4 Å². The summed E-state index contributed by atoms with van der Waals surface area (Å²) in [5.74, 6) is 0.399. The molecule has 4 nitrogen and oxygen atoms in total. The van der Waals surface area contributed by atoms with E-state index in [9.17, 15) is 13.5 Å². The predicted molar refractivity (Wildman–Crippen MR) is 81.7 cm³/mol. The standard InChI is InChI=1S/C13H19Cl2NO3S/c1-9(2)4-5-16(3)20(18,19)12-7-11(14)6-10(8-17)13(12)15/h6-7,9,17H,4-5,8H2,1-3H3. The molecule has 0 spiro atoms. The number of aliphatic hydroxyl groups excluding tert-OH is 1. The minimum atomic E-state index is -3.71. The van der Waals surface area contributed by atoms with Crippen molar-refractivity contribution in [2.75, 3.05) is 13.6 Å². The molecule has 0 saturated carbocycles. The third kappa shape index (κ3) is 4.09. The highest BCUT2D eigenvalue weighted by molar-refractivity contribution is 7.89. The summed E-state index contributed by atoms with van der Waals surface area (Å²) in [6, 6.07) is 2.77. The Hall–Kier alpha value is -0.330. The number of sulfonamides is 1. The van der Waals surface area contributed by atoms with Gasteiger partial charge in [0.1, 0.15) is 4.90 Å². The Kier molecular flexibility index (Phi) is 6.28. The van der Waals surface area contributed by atoms with Crippen molar-refractivity contribution in [3.8, 4) is 0 Å². The van der Waals surface area contributed by atoms with Crippen molar-refractivity contribution in [2.24, 2.45) is 5.92 Å². The zero-order valence-electron chi connectivity index (χ0n) is 11.7. The van der Waals surface area contributed by atoms with Crippen molar-refractivity contribution in [2.45, 2.75) is 31.8 Å². The fourth-order valence-corrected chi connectivity index (χ4v) is 3.73. The maximum atomic E-state index is 12.5. The molecule has 0 aliphatic heterocycles. The quantitative estimate of drug-likeness (QED) is 0.865. The number of hydrogen-bond acceptors (Lipinski definition) is 3. The number of benzene rings is 1. The van der Waals surface area contributed by atoms with Gasteiger partial charge in [-0.3, -0.25) is 0 Å². The minimum absolute atomic E-state index is 0.0216. The minimum Gasteiger partial charge on any atom is -0.392 e. The zero-order valence-corrected chi connectivity index (χ0v) is 14.1. The van der Waals surface area contributed by atoms with E-state index in [4.69, 9.17) is 23.2 Å². The van der Waals surface area contributed by atoms with Crippen LogP contribution in [0, 0.1) is 5.92 Å². The first-order valence-corrected chi connectivity index (χ1v) is 8.44. The molecule has 0 aliphatic rings. The van der Waals surface area contributed by atoms with Crippen molar-refractivity contribution in [1.29, 1.82) is 0 Å². The molecule has 0 fully saturated rings. The number of rotatable bonds is 6. The second-order valence-corrected chi connectivity index (χ2v) is 7.87. The van der Waals surface area contributed by atoms with E-state index in [1.165, 1.54) is 23.5 Å². The Bertz CT molecular complexity index is 573. The van der Waals surface area contributed by atoms with Crippen LogP contribution in [0.2, 0.25) is 10.0 Å². The highest BCUT2D eigenvalue weighted by atomic mass is 35.5. The van der Waals surface area contributed by atoms with Crippen LogP contribution in [0.1, 0.15) is 25.8 Å². The van der Waals surface area contributed by atoms with Crippen molar-refractivity contribution < 1.29 is 13.5 Å². The molecular formula is C13H19Cl2NO3S. The summed E-state index contributed by atoms with van der Waals surface area (Å²) in [5, 5.41) is 9.45. The summed E-state index contributed by atoms with van der Waals surface area (Å²) >= 11 is 11.9. The van der Waals surface area contributed by atoms with E-state index in [-0.39, 0.29) is 21.5 Å². The van der Waals surface area contributed by atoms with E-state index < -0.39 is 10.0 Å². The summed E-state index contributed by atoms with van der Waals surface area (Å²) in [4.78, 5) is -0.0676. The molecule has 1 aromatic rings. The topological polar surface area (TPSA) is 57.6 Å². The highest BCUT2D eigenvalue weighted by Crippen LogP contribution is 2.31. The van der Waals surface area contributed by atoms with Crippen molar-refractivity contribution in [3.63, 3.8) is 0 Å². The number of aliphatic hydroxyl groups is 1. The summed E-state index contributed by atoms with van der Waals surface area (Å²) < 4.78 is 26.2. The van der Waals surface area contributed by atoms with Gasteiger partial charge >= 0.3 is 0 Å². The first-order chi connectivity index (χ1) is 9.20. The average molecular weight is 340 g/mol. The second kappa shape index (κ2) is 7.09. The van der Waals surface area contributed by atoms with Crippen LogP contribution >= 0.6 is 23.2 Å². The van der Waals surface area contributed by atoms with Crippen LogP contribution in [-0.2, 0) is 16.6 Å². The van der Waals surface area contributed by atoms with Gasteiger partial charge in [0.15, 0.2) is 0 Å². The van der Waals surface area contributed by atoms with Gasteiger partial charge in [-0.2, -0.15) is 0 Å². The normalized spacial score (nSPS) is 12.4. The SMILES string of the molecule is CC(C)CCN(C)S(=O)(=O)c1cc(Cl)cc(CO)c1Cl. The van der Waals surface area contributed by atoms with Gasteiger partial charge in [-0.05, 0) is 30.0 Å². The summed E-state index contributed by atoms with van der Waals surface area (Å²) in [7, 11) is -2.21. The third-order valence-corrected chi connectivity index (χ3v) is 5.62. The molecule has 1 aromatic carbocycles. The molecule has 0 amide bonds. The Morgan fingerprint density at radius 3 is 2.40 bits per heavy atom. The molecule has 0 radical (unpaired) electrons. The lowest BCUT2D eigenvalue weighted by molar-refractivity contribution is 0.281. The Labute approximate surface area is 130 Å². The molecule has 1 rings (SSSR count). The van der Waals surface area contributed by atoms with E-state index in [0.29, 0.717) is 18.0 Å². The fraction of sp³-hybridized carbons (Fsp3) is 0.538. The third-order valence-electron chi connectivity index (χ3n) is 2.96. The molecule has 20 heavy (non-hydrogen) atoms. The molecule has 7 heteroatoms. The monoisotopic (exact) mass is 339 g/mol. The van der Waals surface area contributed by atoms with Crippen molar-refractivity contribution in [3.05, 3.63) is 27.7 Å². The first kappa shape index (κ1) is 17.7. The van der Waals surface area contributed by atoms with E-state index >= 15 is 0 Å². The summed E-state index contributed by atoms with van der Waals surface area (Å²) in [5.41, 5.74) is 0.301. The molecule has 0 aromatic heterocycles. The van der Waals surface area contributed by atoms with Crippen LogP contribution < -0.4 is 0 Å².